The van der Waals surface area contributed by atoms with Gasteiger partial charge in [-0.3, -0.25) is 4.90 Å². The Hall–Kier alpha value is -2.01. The van der Waals surface area contributed by atoms with Gasteiger partial charge in [-0.25, -0.2) is 14.4 Å². The van der Waals surface area contributed by atoms with Crippen LogP contribution in [-0.2, 0) is 19.4 Å². The predicted octanol–water partition coefficient (Wildman–Crippen LogP) is 2.62. The third kappa shape index (κ3) is 3.42. The molecule has 2 heterocycles. The van der Waals surface area contributed by atoms with Crippen LogP contribution in [0.2, 0.25) is 0 Å². The summed E-state index contributed by atoms with van der Waals surface area (Å²) in [6.07, 6.45) is 3.35. The molecule has 1 aromatic heterocycles. The van der Waals surface area contributed by atoms with Crippen molar-refractivity contribution < 1.29 is 9.13 Å². The SMILES string of the molecule is CCOc1ncnc2c1CCN(Cc1ccc(F)cc1)CC2. The van der Waals surface area contributed by atoms with Crippen molar-refractivity contribution in [2.75, 3.05) is 19.7 Å². The van der Waals surface area contributed by atoms with Crippen LogP contribution in [0.15, 0.2) is 30.6 Å². The van der Waals surface area contributed by atoms with E-state index in [0.29, 0.717) is 6.61 Å². The van der Waals surface area contributed by atoms with Gasteiger partial charge in [-0.2, -0.15) is 0 Å². The lowest BCUT2D eigenvalue weighted by atomic mass is 10.1. The summed E-state index contributed by atoms with van der Waals surface area (Å²) in [5.74, 6) is 0.528. The van der Waals surface area contributed by atoms with Crippen molar-refractivity contribution in [3.63, 3.8) is 0 Å². The number of halogens is 1. The first-order valence-corrected chi connectivity index (χ1v) is 7.68. The molecular formula is C17H20FN3O. The highest BCUT2D eigenvalue weighted by molar-refractivity contribution is 5.31. The highest BCUT2D eigenvalue weighted by atomic mass is 19.1. The highest BCUT2D eigenvalue weighted by Gasteiger charge is 2.19. The van der Waals surface area contributed by atoms with Gasteiger partial charge >= 0.3 is 0 Å². The number of fused-ring (bicyclic) bond motifs is 1. The second-order valence-corrected chi connectivity index (χ2v) is 5.44. The molecule has 0 spiro atoms. The van der Waals surface area contributed by atoms with E-state index in [1.807, 2.05) is 19.1 Å². The first kappa shape index (κ1) is 14.9. The van der Waals surface area contributed by atoms with Crippen LogP contribution in [-0.4, -0.2) is 34.6 Å². The van der Waals surface area contributed by atoms with Crippen molar-refractivity contribution in [3.8, 4) is 5.88 Å². The minimum Gasteiger partial charge on any atom is -0.478 e. The third-order valence-electron chi connectivity index (χ3n) is 3.94. The Balaban J connectivity index is 1.70. The molecule has 5 heteroatoms. The number of nitrogens with zero attached hydrogens (tertiary/aromatic N) is 3. The lowest BCUT2D eigenvalue weighted by Gasteiger charge is -2.19. The van der Waals surface area contributed by atoms with Gasteiger partial charge in [-0.05, 0) is 31.0 Å². The first-order valence-electron chi connectivity index (χ1n) is 7.68. The van der Waals surface area contributed by atoms with Gasteiger partial charge in [-0.15, -0.1) is 0 Å². The lowest BCUT2D eigenvalue weighted by molar-refractivity contribution is 0.277. The Kier molecular flexibility index (Phi) is 4.63. The van der Waals surface area contributed by atoms with Gasteiger partial charge in [0.15, 0.2) is 0 Å². The van der Waals surface area contributed by atoms with E-state index < -0.39 is 0 Å². The monoisotopic (exact) mass is 301 g/mol. The molecular weight excluding hydrogens is 281 g/mol. The van der Waals surface area contributed by atoms with Gasteiger partial charge in [-0.1, -0.05) is 12.1 Å². The number of hydrogen-bond donors (Lipinski definition) is 0. The summed E-state index contributed by atoms with van der Waals surface area (Å²) in [6, 6.07) is 6.72. The van der Waals surface area contributed by atoms with Gasteiger partial charge < -0.3 is 4.74 Å². The molecule has 2 aromatic rings. The Morgan fingerprint density at radius 1 is 1.14 bits per heavy atom. The zero-order valence-corrected chi connectivity index (χ0v) is 12.8. The van der Waals surface area contributed by atoms with Gasteiger partial charge in [0.1, 0.15) is 12.1 Å². The summed E-state index contributed by atoms with van der Waals surface area (Å²) in [5.41, 5.74) is 3.34. The van der Waals surface area contributed by atoms with E-state index in [2.05, 4.69) is 14.9 Å². The van der Waals surface area contributed by atoms with E-state index in [1.165, 1.54) is 12.1 Å². The lowest BCUT2D eigenvalue weighted by Crippen LogP contribution is -2.25. The molecule has 0 unspecified atom stereocenters. The number of aromatic nitrogens is 2. The summed E-state index contributed by atoms with van der Waals surface area (Å²) < 4.78 is 18.6. The largest absolute Gasteiger partial charge is 0.478 e. The Morgan fingerprint density at radius 3 is 2.68 bits per heavy atom. The van der Waals surface area contributed by atoms with Crippen molar-refractivity contribution in [2.24, 2.45) is 0 Å². The van der Waals surface area contributed by atoms with Crippen molar-refractivity contribution in [1.82, 2.24) is 14.9 Å². The molecule has 0 fully saturated rings. The smallest absolute Gasteiger partial charge is 0.219 e. The number of hydrogen-bond acceptors (Lipinski definition) is 4. The van der Waals surface area contributed by atoms with E-state index >= 15 is 0 Å². The van der Waals surface area contributed by atoms with Crippen LogP contribution in [0.5, 0.6) is 5.88 Å². The molecule has 4 nitrogen and oxygen atoms in total. The number of benzene rings is 1. The van der Waals surface area contributed by atoms with Gasteiger partial charge in [0.05, 0.1) is 12.3 Å². The second kappa shape index (κ2) is 6.83. The highest BCUT2D eigenvalue weighted by Crippen LogP contribution is 2.22. The summed E-state index contributed by atoms with van der Waals surface area (Å²) in [4.78, 5) is 11.0. The quantitative estimate of drug-likeness (QED) is 0.870. The molecule has 1 aliphatic rings. The Labute approximate surface area is 130 Å². The van der Waals surface area contributed by atoms with Gasteiger partial charge in [0, 0.05) is 31.6 Å². The normalized spacial score (nSPS) is 15.2. The molecule has 0 amide bonds. The fourth-order valence-corrected chi connectivity index (χ4v) is 2.81. The zero-order valence-electron chi connectivity index (χ0n) is 12.8. The van der Waals surface area contributed by atoms with E-state index in [4.69, 9.17) is 4.74 Å². The van der Waals surface area contributed by atoms with Crippen LogP contribution in [0.25, 0.3) is 0 Å². The van der Waals surface area contributed by atoms with Crippen molar-refractivity contribution >= 4 is 0 Å². The summed E-state index contributed by atoms with van der Waals surface area (Å²) in [7, 11) is 0. The first-order chi connectivity index (χ1) is 10.8. The molecule has 0 N–H and O–H groups in total. The maximum Gasteiger partial charge on any atom is 0.219 e. The van der Waals surface area contributed by atoms with Crippen LogP contribution in [0, 0.1) is 5.82 Å². The van der Waals surface area contributed by atoms with Crippen LogP contribution in [0.4, 0.5) is 4.39 Å². The fraction of sp³-hybridized carbons (Fsp3) is 0.412. The second-order valence-electron chi connectivity index (χ2n) is 5.44. The molecule has 1 aromatic carbocycles. The van der Waals surface area contributed by atoms with Crippen LogP contribution in [0.1, 0.15) is 23.7 Å². The Bertz CT molecular complexity index is 630. The van der Waals surface area contributed by atoms with E-state index in [-0.39, 0.29) is 5.82 Å². The number of ether oxygens (including phenoxy) is 1. The maximum atomic E-state index is 13.0. The average molecular weight is 301 g/mol. The summed E-state index contributed by atoms with van der Waals surface area (Å²) in [6.45, 7) is 5.27. The van der Waals surface area contributed by atoms with Crippen molar-refractivity contribution in [2.45, 2.75) is 26.3 Å². The molecule has 1 aliphatic heterocycles. The number of rotatable bonds is 4. The van der Waals surface area contributed by atoms with E-state index in [9.17, 15) is 4.39 Å². The zero-order chi connectivity index (χ0) is 15.4. The molecule has 0 saturated heterocycles. The Morgan fingerprint density at radius 2 is 1.91 bits per heavy atom. The molecule has 0 bridgehead atoms. The van der Waals surface area contributed by atoms with E-state index in [1.54, 1.807) is 6.33 Å². The summed E-state index contributed by atoms with van der Waals surface area (Å²) in [5, 5.41) is 0. The van der Waals surface area contributed by atoms with Crippen LogP contribution in [0.3, 0.4) is 0 Å². The molecule has 0 atom stereocenters. The maximum absolute atomic E-state index is 13.0. The minimum atomic E-state index is -0.191. The minimum absolute atomic E-state index is 0.191. The average Bonchev–Trinajstić information content (AvgIpc) is 2.73. The molecule has 116 valence electrons. The summed E-state index contributed by atoms with van der Waals surface area (Å²) >= 11 is 0. The fourth-order valence-electron chi connectivity index (χ4n) is 2.81. The topological polar surface area (TPSA) is 38.3 Å². The van der Waals surface area contributed by atoms with Crippen LogP contribution < -0.4 is 4.74 Å². The van der Waals surface area contributed by atoms with Gasteiger partial charge in [0.25, 0.3) is 0 Å². The van der Waals surface area contributed by atoms with Crippen LogP contribution >= 0.6 is 0 Å². The molecule has 0 radical (unpaired) electrons. The molecule has 22 heavy (non-hydrogen) atoms. The van der Waals surface area contributed by atoms with Crippen molar-refractivity contribution in [1.29, 1.82) is 0 Å². The molecule has 0 saturated carbocycles. The van der Waals surface area contributed by atoms with E-state index in [0.717, 1.165) is 55.2 Å². The third-order valence-corrected chi connectivity index (χ3v) is 3.94. The standard InChI is InChI=1S/C17H20FN3O/c1-2-22-17-15-7-9-21(10-8-16(15)19-12-20-17)11-13-3-5-14(18)6-4-13/h3-6,12H,2,7-11H2,1H3. The van der Waals surface area contributed by atoms with Gasteiger partial charge in [0.2, 0.25) is 5.88 Å². The van der Waals surface area contributed by atoms with Crippen molar-refractivity contribution in [3.05, 3.63) is 53.2 Å². The molecule has 0 aliphatic carbocycles. The predicted molar refractivity (Wildman–Crippen MR) is 82.3 cm³/mol. The molecule has 3 rings (SSSR count).